The van der Waals surface area contributed by atoms with Crippen molar-refractivity contribution in [1.29, 1.82) is 0 Å². The molecule has 0 saturated heterocycles. The minimum Gasteiger partial charge on any atom is -0.423 e. The van der Waals surface area contributed by atoms with Crippen molar-refractivity contribution in [3.63, 3.8) is 0 Å². The number of benzene rings is 2. The first kappa shape index (κ1) is 12.8. The van der Waals surface area contributed by atoms with Crippen LogP contribution in [-0.4, -0.2) is 17.2 Å². The largest absolute Gasteiger partial charge is 0.488 e. The van der Waals surface area contributed by atoms with Crippen molar-refractivity contribution in [2.45, 2.75) is 29.1 Å². The molecule has 3 rings (SSSR count). The Hall–Kier alpha value is -1.23. The van der Waals surface area contributed by atoms with Crippen molar-refractivity contribution >= 4 is 24.3 Å². The van der Waals surface area contributed by atoms with Gasteiger partial charge in [0.2, 0.25) is 0 Å². The lowest BCUT2D eigenvalue weighted by molar-refractivity contribution is 0.424. The summed E-state index contributed by atoms with van der Waals surface area (Å²) in [6, 6.07) is 14.0. The molecule has 96 valence electrons. The Morgan fingerprint density at radius 3 is 2.37 bits per heavy atom. The SMILES string of the molecule is CC1(C)c2ccccc2Sc2cccc(B(O)O)c21. The fraction of sp³-hybridized carbons (Fsp3) is 0.200. The molecule has 4 heteroatoms. The van der Waals surface area contributed by atoms with E-state index in [1.165, 1.54) is 10.5 Å². The molecule has 0 unspecified atom stereocenters. The van der Waals surface area contributed by atoms with Gasteiger partial charge in [-0.15, -0.1) is 0 Å². The third-order valence-electron chi connectivity index (χ3n) is 3.74. The number of fused-ring (bicyclic) bond motifs is 2. The Labute approximate surface area is 117 Å². The molecule has 2 nitrogen and oxygen atoms in total. The number of hydrogen-bond donors (Lipinski definition) is 2. The van der Waals surface area contributed by atoms with Gasteiger partial charge in [0.05, 0.1) is 0 Å². The molecule has 0 saturated carbocycles. The van der Waals surface area contributed by atoms with Gasteiger partial charge in [-0.2, -0.15) is 0 Å². The molecule has 19 heavy (non-hydrogen) atoms. The van der Waals surface area contributed by atoms with Crippen LogP contribution in [0.1, 0.15) is 25.0 Å². The van der Waals surface area contributed by atoms with Crippen LogP contribution in [0.5, 0.6) is 0 Å². The average Bonchev–Trinajstić information content (AvgIpc) is 2.38. The maximum Gasteiger partial charge on any atom is 0.488 e. The van der Waals surface area contributed by atoms with E-state index in [-0.39, 0.29) is 5.41 Å². The van der Waals surface area contributed by atoms with Gasteiger partial charge >= 0.3 is 7.12 Å². The molecule has 0 radical (unpaired) electrons. The third kappa shape index (κ3) is 1.91. The number of hydrogen-bond acceptors (Lipinski definition) is 3. The molecular formula is C15H15BO2S. The van der Waals surface area contributed by atoms with Crippen LogP contribution in [0.25, 0.3) is 0 Å². The Morgan fingerprint density at radius 2 is 1.63 bits per heavy atom. The van der Waals surface area contributed by atoms with E-state index in [0.29, 0.717) is 5.46 Å². The molecule has 0 fully saturated rings. The van der Waals surface area contributed by atoms with Crippen molar-refractivity contribution in [2.75, 3.05) is 0 Å². The lowest BCUT2D eigenvalue weighted by Crippen LogP contribution is -2.40. The highest BCUT2D eigenvalue weighted by Crippen LogP contribution is 2.48. The maximum absolute atomic E-state index is 9.61. The fourth-order valence-corrected chi connectivity index (χ4v) is 4.28. The monoisotopic (exact) mass is 270 g/mol. The zero-order chi connectivity index (χ0) is 13.6. The van der Waals surface area contributed by atoms with Crippen molar-refractivity contribution in [1.82, 2.24) is 0 Å². The van der Waals surface area contributed by atoms with Crippen molar-refractivity contribution in [3.05, 3.63) is 53.6 Å². The van der Waals surface area contributed by atoms with Gasteiger partial charge in [0.1, 0.15) is 0 Å². The van der Waals surface area contributed by atoms with Crippen molar-refractivity contribution in [3.8, 4) is 0 Å². The van der Waals surface area contributed by atoms with E-state index in [1.807, 2.05) is 24.3 Å². The van der Waals surface area contributed by atoms with Crippen LogP contribution in [0.4, 0.5) is 0 Å². The highest BCUT2D eigenvalue weighted by Gasteiger charge is 2.36. The summed E-state index contributed by atoms with van der Waals surface area (Å²) in [5, 5.41) is 19.2. The summed E-state index contributed by atoms with van der Waals surface area (Å²) in [7, 11) is -1.43. The third-order valence-corrected chi connectivity index (χ3v) is 4.88. The van der Waals surface area contributed by atoms with E-state index in [9.17, 15) is 10.0 Å². The summed E-state index contributed by atoms with van der Waals surface area (Å²) in [6.45, 7) is 4.27. The van der Waals surface area contributed by atoms with Gasteiger partial charge in [-0.3, -0.25) is 0 Å². The van der Waals surface area contributed by atoms with Crippen LogP contribution in [0.15, 0.2) is 52.3 Å². The Balaban J connectivity index is 2.29. The van der Waals surface area contributed by atoms with Gasteiger partial charge in [0, 0.05) is 15.2 Å². The second-order valence-corrected chi connectivity index (χ2v) is 6.40. The van der Waals surface area contributed by atoms with Crippen LogP contribution >= 0.6 is 11.8 Å². The molecule has 1 aliphatic heterocycles. The van der Waals surface area contributed by atoms with Crippen LogP contribution in [-0.2, 0) is 5.41 Å². The van der Waals surface area contributed by atoms with Crippen LogP contribution in [0.2, 0.25) is 0 Å². The van der Waals surface area contributed by atoms with Gasteiger partial charge < -0.3 is 10.0 Å². The summed E-state index contributed by atoms with van der Waals surface area (Å²) in [5.41, 5.74) is 2.64. The van der Waals surface area contributed by atoms with E-state index in [1.54, 1.807) is 17.8 Å². The Bertz CT molecular complexity index is 638. The molecule has 1 aliphatic rings. The molecule has 2 aromatic carbocycles. The highest BCUT2D eigenvalue weighted by atomic mass is 32.2. The zero-order valence-electron chi connectivity index (χ0n) is 10.9. The first-order valence-corrected chi connectivity index (χ1v) is 7.10. The second kappa shape index (κ2) is 4.41. The molecule has 2 aromatic rings. The number of rotatable bonds is 1. The van der Waals surface area contributed by atoms with Crippen molar-refractivity contribution in [2.24, 2.45) is 0 Å². The summed E-state index contributed by atoms with van der Waals surface area (Å²) >= 11 is 1.69. The zero-order valence-corrected chi connectivity index (χ0v) is 11.7. The molecule has 0 bridgehead atoms. The highest BCUT2D eigenvalue weighted by molar-refractivity contribution is 7.99. The summed E-state index contributed by atoms with van der Waals surface area (Å²) in [6.07, 6.45) is 0. The second-order valence-electron chi connectivity index (χ2n) is 5.32. The van der Waals surface area contributed by atoms with Crippen LogP contribution < -0.4 is 5.46 Å². The van der Waals surface area contributed by atoms with E-state index >= 15 is 0 Å². The topological polar surface area (TPSA) is 40.5 Å². The summed E-state index contributed by atoms with van der Waals surface area (Å²) in [5.74, 6) is 0. The fourth-order valence-electron chi connectivity index (χ4n) is 2.84. The maximum atomic E-state index is 9.61. The lowest BCUT2D eigenvalue weighted by atomic mass is 9.67. The first-order valence-electron chi connectivity index (χ1n) is 6.28. The molecule has 0 atom stereocenters. The van der Waals surface area contributed by atoms with E-state index < -0.39 is 7.12 Å². The molecule has 0 aliphatic carbocycles. The normalized spacial score (nSPS) is 15.6. The summed E-state index contributed by atoms with van der Waals surface area (Å²) in [4.78, 5) is 2.35. The van der Waals surface area contributed by atoms with E-state index in [0.717, 1.165) is 10.5 Å². The molecule has 0 amide bonds. The smallest absolute Gasteiger partial charge is 0.423 e. The van der Waals surface area contributed by atoms with Crippen LogP contribution in [0, 0.1) is 0 Å². The Kier molecular flexibility index (Phi) is 2.97. The quantitative estimate of drug-likeness (QED) is 0.780. The van der Waals surface area contributed by atoms with E-state index in [2.05, 4.69) is 26.0 Å². The van der Waals surface area contributed by atoms with Crippen LogP contribution in [0.3, 0.4) is 0 Å². The average molecular weight is 270 g/mol. The summed E-state index contributed by atoms with van der Waals surface area (Å²) < 4.78 is 0. The predicted octanol–water partition coefficient (Wildman–Crippen LogP) is 2.16. The Morgan fingerprint density at radius 1 is 0.947 bits per heavy atom. The minimum absolute atomic E-state index is 0.225. The van der Waals surface area contributed by atoms with Gasteiger partial charge in [0.15, 0.2) is 0 Å². The molecule has 0 spiro atoms. The van der Waals surface area contributed by atoms with Crippen molar-refractivity contribution < 1.29 is 10.0 Å². The minimum atomic E-state index is -1.43. The standard InChI is InChI=1S/C15H15BO2S/c1-15(2)10-6-3-4-8-12(10)19-13-9-5-7-11(14(13)15)16(17)18/h3-9,17-18H,1-2H3. The van der Waals surface area contributed by atoms with E-state index in [4.69, 9.17) is 0 Å². The lowest BCUT2D eigenvalue weighted by Gasteiger charge is -2.36. The van der Waals surface area contributed by atoms with Gasteiger partial charge in [-0.1, -0.05) is 55.9 Å². The van der Waals surface area contributed by atoms with Gasteiger partial charge in [0.25, 0.3) is 0 Å². The first-order chi connectivity index (χ1) is 9.01. The molecule has 0 aromatic heterocycles. The molecule has 1 heterocycles. The van der Waals surface area contributed by atoms with Gasteiger partial charge in [-0.25, -0.2) is 0 Å². The van der Waals surface area contributed by atoms with Gasteiger partial charge in [-0.05, 0) is 28.7 Å². The molecule has 2 N–H and O–H groups in total. The predicted molar refractivity (Wildman–Crippen MR) is 79.0 cm³/mol. The molecular weight excluding hydrogens is 255 g/mol.